The summed E-state index contributed by atoms with van der Waals surface area (Å²) >= 11 is 3.39. The van der Waals surface area contributed by atoms with Gasteiger partial charge in [-0.3, -0.25) is 4.98 Å². The minimum absolute atomic E-state index is 0.776. The third-order valence-electron chi connectivity index (χ3n) is 2.86. The highest BCUT2D eigenvalue weighted by molar-refractivity contribution is 9.08. The van der Waals surface area contributed by atoms with E-state index in [9.17, 15) is 0 Å². The van der Waals surface area contributed by atoms with E-state index >= 15 is 0 Å². The predicted octanol–water partition coefficient (Wildman–Crippen LogP) is 4.19. The van der Waals surface area contributed by atoms with E-state index < -0.39 is 0 Å². The molecule has 0 atom stereocenters. The molecule has 3 rings (SSSR count). The first kappa shape index (κ1) is 11.4. The van der Waals surface area contributed by atoms with Crippen LogP contribution in [0.4, 0.5) is 0 Å². The SMILES string of the molecule is BrCc1ccc(-c2ccc3ccccc3n2)cn1. The third-order valence-corrected chi connectivity index (χ3v) is 3.43. The molecule has 0 unspecified atom stereocenters. The predicted molar refractivity (Wildman–Crippen MR) is 77.6 cm³/mol. The number of pyridine rings is 2. The van der Waals surface area contributed by atoms with Crippen molar-refractivity contribution in [3.05, 3.63) is 60.4 Å². The Morgan fingerprint density at radius 2 is 1.83 bits per heavy atom. The van der Waals surface area contributed by atoms with E-state index in [-0.39, 0.29) is 0 Å². The summed E-state index contributed by atoms with van der Waals surface area (Å²) in [5.41, 5.74) is 4.05. The molecule has 0 saturated carbocycles. The molecule has 0 saturated heterocycles. The first-order valence-electron chi connectivity index (χ1n) is 5.74. The number of alkyl halides is 1. The molecule has 0 aliphatic rings. The molecule has 0 radical (unpaired) electrons. The van der Waals surface area contributed by atoms with Gasteiger partial charge >= 0.3 is 0 Å². The largest absolute Gasteiger partial charge is 0.260 e. The van der Waals surface area contributed by atoms with Crippen LogP contribution >= 0.6 is 15.9 Å². The monoisotopic (exact) mass is 298 g/mol. The maximum absolute atomic E-state index is 4.65. The number of halogens is 1. The molecule has 18 heavy (non-hydrogen) atoms. The highest BCUT2D eigenvalue weighted by Gasteiger charge is 2.01. The number of rotatable bonds is 2. The van der Waals surface area contributed by atoms with Crippen LogP contribution < -0.4 is 0 Å². The summed E-state index contributed by atoms with van der Waals surface area (Å²) in [5.74, 6) is 0. The first-order chi connectivity index (χ1) is 8.86. The van der Waals surface area contributed by atoms with Crippen LogP contribution in [0.25, 0.3) is 22.2 Å². The van der Waals surface area contributed by atoms with Gasteiger partial charge < -0.3 is 0 Å². The lowest BCUT2D eigenvalue weighted by Crippen LogP contribution is -1.88. The summed E-state index contributed by atoms with van der Waals surface area (Å²) in [6.45, 7) is 0. The van der Waals surface area contributed by atoms with Gasteiger partial charge in [-0.2, -0.15) is 0 Å². The van der Waals surface area contributed by atoms with Crippen molar-refractivity contribution in [1.82, 2.24) is 9.97 Å². The van der Waals surface area contributed by atoms with Gasteiger partial charge in [0.25, 0.3) is 0 Å². The molecule has 2 aromatic heterocycles. The van der Waals surface area contributed by atoms with Crippen molar-refractivity contribution in [3.8, 4) is 11.3 Å². The molecule has 0 amide bonds. The van der Waals surface area contributed by atoms with Crippen LogP contribution in [0.2, 0.25) is 0 Å². The van der Waals surface area contributed by atoms with Gasteiger partial charge in [-0.05, 0) is 24.3 Å². The van der Waals surface area contributed by atoms with E-state index in [1.165, 1.54) is 0 Å². The zero-order valence-corrected chi connectivity index (χ0v) is 11.3. The summed E-state index contributed by atoms with van der Waals surface area (Å²) in [6, 6.07) is 16.3. The molecule has 0 spiro atoms. The zero-order valence-electron chi connectivity index (χ0n) is 9.68. The zero-order chi connectivity index (χ0) is 12.4. The van der Waals surface area contributed by atoms with Gasteiger partial charge in [-0.15, -0.1) is 0 Å². The third kappa shape index (κ3) is 2.14. The number of hydrogen-bond acceptors (Lipinski definition) is 2. The second kappa shape index (κ2) is 4.86. The molecule has 0 N–H and O–H groups in total. The van der Waals surface area contributed by atoms with Gasteiger partial charge in [0.2, 0.25) is 0 Å². The smallest absolute Gasteiger partial charge is 0.0725 e. The molecular weight excluding hydrogens is 288 g/mol. The number of aromatic nitrogens is 2. The van der Waals surface area contributed by atoms with Crippen molar-refractivity contribution in [1.29, 1.82) is 0 Å². The molecule has 1 aromatic carbocycles. The lowest BCUT2D eigenvalue weighted by Gasteiger charge is -2.03. The van der Waals surface area contributed by atoms with Crippen LogP contribution in [0.1, 0.15) is 5.69 Å². The molecule has 0 bridgehead atoms. The van der Waals surface area contributed by atoms with Gasteiger partial charge in [0.05, 0.1) is 16.9 Å². The van der Waals surface area contributed by atoms with Crippen LogP contribution in [0.3, 0.4) is 0 Å². The van der Waals surface area contributed by atoms with Gasteiger partial charge in [-0.1, -0.05) is 40.2 Å². The molecule has 0 aliphatic heterocycles. The standard InChI is InChI=1S/C15H11BrN2/c16-9-13-7-5-12(10-17-13)15-8-6-11-3-1-2-4-14(11)18-15/h1-8,10H,9H2. The van der Waals surface area contributed by atoms with Crippen molar-refractivity contribution in [2.45, 2.75) is 5.33 Å². The van der Waals surface area contributed by atoms with Crippen molar-refractivity contribution in [3.63, 3.8) is 0 Å². The van der Waals surface area contributed by atoms with Crippen LogP contribution in [0, 0.1) is 0 Å². The van der Waals surface area contributed by atoms with Crippen LogP contribution in [0.5, 0.6) is 0 Å². The topological polar surface area (TPSA) is 25.8 Å². The van der Waals surface area contributed by atoms with Crippen LogP contribution in [0.15, 0.2) is 54.7 Å². The summed E-state index contributed by atoms with van der Waals surface area (Å²) in [4.78, 5) is 9.02. The average molecular weight is 299 g/mol. The van der Waals surface area contributed by atoms with E-state index in [2.05, 4.69) is 44.1 Å². The fourth-order valence-electron chi connectivity index (χ4n) is 1.88. The first-order valence-corrected chi connectivity index (χ1v) is 6.86. The van der Waals surface area contributed by atoms with E-state index in [1.807, 2.05) is 36.5 Å². The minimum atomic E-state index is 0.776. The number of nitrogens with zero attached hydrogens (tertiary/aromatic N) is 2. The summed E-state index contributed by atoms with van der Waals surface area (Å²) in [7, 11) is 0. The van der Waals surface area contributed by atoms with Crippen molar-refractivity contribution >= 4 is 26.8 Å². The maximum Gasteiger partial charge on any atom is 0.0725 e. The van der Waals surface area contributed by atoms with Crippen molar-refractivity contribution in [2.24, 2.45) is 0 Å². The van der Waals surface area contributed by atoms with Crippen LogP contribution in [-0.2, 0) is 5.33 Å². The number of benzene rings is 1. The van der Waals surface area contributed by atoms with E-state index in [1.54, 1.807) is 0 Å². The molecule has 0 fully saturated rings. The summed E-state index contributed by atoms with van der Waals surface area (Å²) in [6.07, 6.45) is 1.87. The maximum atomic E-state index is 4.65. The molecule has 0 aliphatic carbocycles. The van der Waals surface area contributed by atoms with E-state index in [0.717, 1.165) is 33.2 Å². The Hall–Kier alpha value is -1.74. The molecule has 2 heterocycles. The Morgan fingerprint density at radius 3 is 2.61 bits per heavy atom. The van der Waals surface area contributed by atoms with Gasteiger partial charge in [-0.25, -0.2) is 4.98 Å². The molecule has 2 nitrogen and oxygen atoms in total. The second-order valence-corrected chi connectivity index (χ2v) is 4.62. The lowest BCUT2D eigenvalue weighted by molar-refractivity contribution is 1.18. The Kier molecular flexibility index (Phi) is 3.07. The van der Waals surface area contributed by atoms with Crippen molar-refractivity contribution in [2.75, 3.05) is 0 Å². The van der Waals surface area contributed by atoms with Crippen molar-refractivity contribution < 1.29 is 0 Å². The van der Waals surface area contributed by atoms with Gasteiger partial charge in [0.15, 0.2) is 0 Å². The molecule has 3 aromatic rings. The number of para-hydroxylation sites is 1. The second-order valence-electron chi connectivity index (χ2n) is 4.06. The average Bonchev–Trinajstić information content (AvgIpc) is 2.47. The lowest BCUT2D eigenvalue weighted by atomic mass is 10.1. The molecule has 3 heteroatoms. The Balaban J connectivity index is 2.07. The van der Waals surface area contributed by atoms with E-state index in [0.29, 0.717) is 0 Å². The normalized spacial score (nSPS) is 10.7. The molecular formula is C15H11BrN2. The number of hydrogen-bond donors (Lipinski definition) is 0. The summed E-state index contributed by atoms with van der Waals surface area (Å²) < 4.78 is 0. The number of fused-ring (bicyclic) bond motifs is 1. The fraction of sp³-hybridized carbons (Fsp3) is 0.0667. The van der Waals surface area contributed by atoms with Gasteiger partial charge in [0.1, 0.15) is 0 Å². The molecule has 88 valence electrons. The van der Waals surface area contributed by atoms with Gasteiger partial charge in [0, 0.05) is 22.5 Å². The fourth-order valence-corrected chi connectivity index (χ4v) is 2.21. The van der Waals surface area contributed by atoms with Crippen LogP contribution in [-0.4, -0.2) is 9.97 Å². The Bertz CT molecular complexity index is 677. The quantitative estimate of drug-likeness (QED) is 0.663. The Labute approximate surface area is 114 Å². The Morgan fingerprint density at radius 1 is 0.944 bits per heavy atom. The summed E-state index contributed by atoms with van der Waals surface area (Å²) in [5, 5.41) is 1.93. The van der Waals surface area contributed by atoms with E-state index in [4.69, 9.17) is 0 Å². The minimum Gasteiger partial charge on any atom is -0.260 e. The highest BCUT2D eigenvalue weighted by Crippen LogP contribution is 2.20. The highest BCUT2D eigenvalue weighted by atomic mass is 79.9.